The first kappa shape index (κ1) is 18.0. The molecule has 138 valence electrons. The van der Waals surface area contributed by atoms with Crippen LogP contribution in [0.3, 0.4) is 0 Å². The van der Waals surface area contributed by atoms with Crippen LogP contribution in [0.2, 0.25) is 0 Å². The Kier molecular flexibility index (Phi) is 4.64. The second-order valence-electron chi connectivity index (χ2n) is 7.16. The normalized spacial score (nSPS) is 17.4. The van der Waals surface area contributed by atoms with Crippen LogP contribution in [0.25, 0.3) is 5.57 Å². The van der Waals surface area contributed by atoms with E-state index < -0.39 is 0 Å². The van der Waals surface area contributed by atoms with Crippen molar-refractivity contribution in [3.05, 3.63) is 69.3 Å². The molecule has 0 spiro atoms. The number of carbonyl (C=O) groups is 2. The molecule has 1 saturated heterocycles. The number of hydrogen-bond acceptors (Lipinski definition) is 3. The van der Waals surface area contributed by atoms with Crippen molar-refractivity contribution < 1.29 is 9.59 Å². The van der Waals surface area contributed by atoms with Crippen LogP contribution in [0.4, 0.5) is 5.69 Å². The third-order valence-corrected chi connectivity index (χ3v) is 5.69. The predicted octanol–water partition coefficient (Wildman–Crippen LogP) is 4.45. The number of hydrogen-bond donors (Lipinski definition) is 0. The van der Waals surface area contributed by atoms with Crippen molar-refractivity contribution >= 4 is 39.0 Å². The zero-order valence-corrected chi connectivity index (χ0v) is 17.0. The Morgan fingerprint density at radius 2 is 1.67 bits per heavy atom. The van der Waals surface area contributed by atoms with Crippen molar-refractivity contribution in [3.63, 3.8) is 0 Å². The lowest BCUT2D eigenvalue weighted by molar-refractivity contribution is -0.120. The first-order valence-electron chi connectivity index (χ1n) is 9.18. The summed E-state index contributed by atoms with van der Waals surface area (Å²) in [6, 6.07) is 13.3. The van der Waals surface area contributed by atoms with Gasteiger partial charge in [-0.3, -0.25) is 9.59 Å². The van der Waals surface area contributed by atoms with Crippen LogP contribution < -0.4 is 4.90 Å². The molecule has 2 aromatic rings. The van der Waals surface area contributed by atoms with Gasteiger partial charge in [0.25, 0.3) is 11.8 Å². The van der Waals surface area contributed by atoms with E-state index in [-0.39, 0.29) is 11.8 Å². The van der Waals surface area contributed by atoms with E-state index >= 15 is 0 Å². The molecule has 4 nitrogen and oxygen atoms in total. The fraction of sp³-hybridized carbons (Fsp3) is 0.273. The molecule has 0 N–H and O–H groups in total. The summed E-state index contributed by atoms with van der Waals surface area (Å²) < 4.78 is 0.836. The molecule has 5 heteroatoms. The van der Waals surface area contributed by atoms with Crippen LogP contribution in [0.5, 0.6) is 0 Å². The highest BCUT2D eigenvalue weighted by Crippen LogP contribution is 2.37. The van der Waals surface area contributed by atoms with E-state index in [1.807, 2.05) is 44.2 Å². The zero-order valence-electron chi connectivity index (χ0n) is 15.5. The van der Waals surface area contributed by atoms with Crippen LogP contribution in [0.1, 0.15) is 29.5 Å². The summed E-state index contributed by atoms with van der Waals surface area (Å²) in [5.74, 6) is -0.470. The third kappa shape index (κ3) is 3.10. The number of anilines is 1. The molecule has 2 aliphatic rings. The second kappa shape index (κ2) is 6.97. The monoisotopic (exact) mass is 424 g/mol. The Balaban J connectivity index is 1.88. The minimum atomic E-state index is -0.244. The highest BCUT2D eigenvalue weighted by Gasteiger charge is 2.43. The van der Waals surface area contributed by atoms with Gasteiger partial charge in [-0.15, -0.1) is 0 Å². The van der Waals surface area contributed by atoms with Crippen LogP contribution >= 0.6 is 15.9 Å². The van der Waals surface area contributed by atoms with Gasteiger partial charge in [0, 0.05) is 17.6 Å². The molecule has 0 bridgehead atoms. The minimum absolute atomic E-state index is 0.227. The highest BCUT2D eigenvalue weighted by molar-refractivity contribution is 9.10. The highest BCUT2D eigenvalue weighted by atomic mass is 79.9. The van der Waals surface area contributed by atoms with Crippen molar-refractivity contribution in [2.45, 2.75) is 26.7 Å². The molecular formula is C22H21BrN2O2. The lowest BCUT2D eigenvalue weighted by Gasteiger charge is -2.20. The molecule has 2 heterocycles. The van der Waals surface area contributed by atoms with E-state index in [1.54, 1.807) is 6.07 Å². The molecular weight excluding hydrogens is 404 g/mol. The average molecular weight is 425 g/mol. The maximum absolute atomic E-state index is 13.4. The predicted molar refractivity (Wildman–Crippen MR) is 110 cm³/mol. The first-order valence-corrected chi connectivity index (χ1v) is 9.98. The lowest BCUT2D eigenvalue weighted by Crippen LogP contribution is -2.34. The number of imide groups is 1. The molecule has 0 aromatic heterocycles. The van der Waals surface area contributed by atoms with Gasteiger partial charge in [0.05, 0.1) is 11.3 Å². The molecule has 2 aliphatic heterocycles. The molecule has 0 radical (unpaired) electrons. The van der Waals surface area contributed by atoms with Gasteiger partial charge in [-0.05, 0) is 56.0 Å². The van der Waals surface area contributed by atoms with E-state index in [0.717, 1.165) is 47.1 Å². The maximum Gasteiger partial charge on any atom is 0.282 e. The van der Waals surface area contributed by atoms with Crippen molar-refractivity contribution in [1.82, 2.24) is 4.90 Å². The van der Waals surface area contributed by atoms with Gasteiger partial charge in [0.1, 0.15) is 5.70 Å². The van der Waals surface area contributed by atoms with Crippen LogP contribution in [0.15, 0.2) is 52.6 Å². The van der Waals surface area contributed by atoms with Crippen molar-refractivity contribution in [2.24, 2.45) is 0 Å². The van der Waals surface area contributed by atoms with E-state index in [2.05, 4.69) is 26.9 Å². The Hall–Kier alpha value is -2.40. The molecule has 4 rings (SSSR count). The van der Waals surface area contributed by atoms with Gasteiger partial charge in [0.2, 0.25) is 0 Å². The van der Waals surface area contributed by atoms with Crippen molar-refractivity contribution in [1.29, 1.82) is 0 Å². The lowest BCUT2D eigenvalue weighted by atomic mass is 9.97. The van der Waals surface area contributed by atoms with Crippen LogP contribution in [0, 0.1) is 13.8 Å². The van der Waals surface area contributed by atoms with Crippen molar-refractivity contribution in [2.75, 3.05) is 18.0 Å². The Bertz CT molecular complexity index is 974. The molecule has 2 aromatic carbocycles. The van der Waals surface area contributed by atoms with Gasteiger partial charge in [-0.1, -0.05) is 45.8 Å². The molecule has 1 fully saturated rings. The number of likely N-dealkylation sites (tertiary alicyclic amines) is 1. The van der Waals surface area contributed by atoms with Gasteiger partial charge in [-0.25, -0.2) is 4.90 Å². The molecule has 27 heavy (non-hydrogen) atoms. The number of carbonyl (C=O) groups excluding carboxylic acids is 2. The third-order valence-electron chi connectivity index (χ3n) is 5.20. The van der Waals surface area contributed by atoms with Crippen LogP contribution in [-0.4, -0.2) is 29.8 Å². The summed E-state index contributed by atoms with van der Waals surface area (Å²) in [5.41, 5.74) is 4.66. The topological polar surface area (TPSA) is 40.6 Å². The number of benzene rings is 2. The zero-order chi connectivity index (χ0) is 19.1. The second-order valence-corrected chi connectivity index (χ2v) is 8.08. The quantitative estimate of drug-likeness (QED) is 0.683. The van der Waals surface area contributed by atoms with Crippen molar-refractivity contribution in [3.8, 4) is 0 Å². The number of amides is 2. The van der Waals surface area contributed by atoms with E-state index in [4.69, 9.17) is 0 Å². The molecule has 0 unspecified atom stereocenters. The molecule has 0 atom stereocenters. The molecule has 0 aliphatic carbocycles. The SMILES string of the molecule is Cc1ccc(C2=C(N3CCCC3)C(=O)N(c3cccc(Br)c3)C2=O)c(C)c1. The van der Waals surface area contributed by atoms with E-state index in [9.17, 15) is 9.59 Å². The summed E-state index contributed by atoms with van der Waals surface area (Å²) in [6.07, 6.45) is 2.09. The first-order chi connectivity index (χ1) is 13.0. The summed E-state index contributed by atoms with van der Waals surface area (Å²) in [7, 11) is 0. The van der Waals surface area contributed by atoms with Crippen LogP contribution in [-0.2, 0) is 9.59 Å². The summed E-state index contributed by atoms with van der Waals surface area (Å²) in [5, 5.41) is 0. The van der Waals surface area contributed by atoms with Gasteiger partial charge in [-0.2, -0.15) is 0 Å². The van der Waals surface area contributed by atoms with E-state index in [0.29, 0.717) is 17.0 Å². The average Bonchev–Trinajstić information content (AvgIpc) is 3.22. The maximum atomic E-state index is 13.4. The Morgan fingerprint density at radius 1 is 0.926 bits per heavy atom. The summed E-state index contributed by atoms with van der Waals surface area (Å²) in [6.45, 7) is 5.66. The fourth-order valence-electron chi connectivity index (χ4n) is 3.94. The molecule has 0 saturated carbocycles. The Labute approximate surface area is 167 Å². The molecule has 2 amide bonds. The van der Waals surface area contributed by atoms with Gasteiger partial charge >= 0.3 is 0 Å². The number of rotatable bonds is 3. The minimum Gasteiger partial charge on any atom is -0.366 e. The number of aryl methyl sites for hydroxylation is 2. The Morgan fingerprint density at radius 3 is 2.33 bits per heavy atom. The van der Waals surface area contributed by atoms with Gasteiger partial charge in [0.15, 0.2) is 0 Å². The standard InChI is InChI=1S/C22H21BrN2O2/c1-14-8-9-18(15(2)12-14)19-20(24-10-3-4-11-24)22(27)25(21(19)26)17-7-5-6-16(23)13-17/h5-9,12-13H,3-4,10-11H2,1-2H3. The summed E-state index contributed by atoms with van der Waals surface area (Å²) in [4.78, 5) is 30.2. The largest absolute Gasteiger partial charge is 0.366 e. The number of nitrogens with zero attached hydrogens (tertiary/aromatic N) is 2. The van der Waals surface area contributed by atoms with E-state index in [1.165, 1.54) is 4.90 Å². The number of halogens is 1. The smallest absolute Gasteiger partial charge is 0.282 e. The fourth-order valence-corrected chi connectivity index (χ4v) is 4.33. The summed E-state index contributed by atoms with van der Waals surface area (Å²) >= 11 is 3.44. The van der Waals surface area contributed by atoms with Gasteiger partial charge < -0.3 is 4.90 Å².